The van der Waals surface area contributed by atoms with Gasteiger partial charge in [0.2, 0.25) is 0 Å². The van der Waals surface area contributed by atoms with Crippen molar-refractivity contribution in [2.45, 2.75) is 37.8 Å². The molecule has 4 N–H and O–H groups in total. The van der Waals surface area contributed by atoms with Gasteiger partial charge in [0, 0.05) is 111 Å². The normalized spacial score (nSPS) is 22.7. The Morgan fingerprint density at radius 3 is 1.42 bits per heavy atom. The van der Waals surface area contributed by atoms with Gasteiger partial charge in [-0.15, -0.1) is 0 Å². The molecule has 6 heterocycles. The SMILES string of the molecule is COc1ccc2[nH]c3c(c2c1)CCN[C@@H]3CCN1CCN(C)CC1.COc1ccc2[nH]c3c(c2c1)CCN[C@H]3CCN1CCN(C)CC1. The Hall–Kier alpha value is -3.12. The summed E-state index contributed by atoms with van der Waals surface area (Å²) in [5.41, 5.74) is 8.19. The number of hydrogen-bond donors (Lipinski definition) is 4. The minimum atomic E-state index is 0.437. The van der Waals surface area contributed by atoms with Gasteiger partial charge in [-0.1, -0.05) is 0 Å². The number of aromatic amines is 2. The minimum absolute atomic E-state index is 0.437. The van der Waals surface area contributed by atoms with Crippen LogP contribution in [-0.2, 0) is 12.8 Å². The van der Waals surface area contributed by atoms with Crippen LogP contribution in [0.5, 0.6) is 11.5 Å². The van der Waals surface area contributed by atoms with E-state index in [2.05, 4.69) is 78.6 Å². The van der Waals surface area contributed by atoms with Crippen molar-refractivity contribution in [2.24, 2.45) is 0 Å². The topological polar surface area (TPSA) is 87.1 Å². The highest BCUT2D eigenvalue weighted by Gasteiger charge is 2.26. The zero-order valence-corrected chi connectivity index (χ0v) is 29.5. The second-order valence-corrected chi connectivity index (χ2v) is 14.2. The fourth-order valence-electron chi connectivity index (χ4n) is 8.09. The lowest BCUT2D eigenvalue weighted by molar-refractivity contribution is 0.148. The number of aromatic nitrogens is 2. The molecule has 2 aromatic carbocycles. The highest BCUT2D eigenvalue weighted by molar-refractivity contribution is 5.87. The molecule has 10 heteroatoms. The maximum Gasteiger partial charge on any atom is 0.119 e. The van der Waals surface area contributed by atoms with E-state index in [1.165, 1.54) is 123 Å². The number of likely N-dealkylation sites (N-methyl/N-ethyl adjacent to an activating group) is 2. The number of ether oxygens (including phenoxy) is 2. The van der Waals surface area contributed by atoms with Gasteiger partial charge in [0.05, 0.1) is 14.2 Å². The number of fused-ring (bicyclic) bond motifs is 6. The van der Waals surface area contributed by atoms with Crippen LogP contribution in [0.25, 0.3) is 21.8 Å². The first-order valence-corrected chi connectivity index (χ1v) is 18.1. The Bertz CT molecular complexity index is 1530. The number of rotatable bonds is 8. The summed E-state index contributed by atoms with van der Waals surface area (Å²) in [7, 11) is 7.90. The summed E-state index contributed by atoms with van der Waals surface area (Å²) in [5, 5.41) is 10.1. The molecule has 260 valence electrons. The van der Waals surface area contributed by atoms with Gasteiger partial charge < -0.3 is 49.7 Å². The van der Waals surface area contributed by atoms with Gasteiger partial charge in [0.25, 0.3) is 0 Å². The number of H-pyrrole nitrogens is 2. The molecule has 0 aliphatic carbocycles. The van der Waals surface area contributed by atoms with Crippen molar-refractivity contribution in [3.63, 3.8) is 0 Å². The lowest BCUT2D eigenvalue weighted by Gasteiger charge is -2.34. The maximum absolute atomic E-state index is 5.40. The summed E-state index contributed by atoms with van der Waals surface area (Å²) < 4.78 is 10.8. The molecule has 4 aromatic rings. The van der Waals surface area contributed by atoms with Crippen LogP contribution in [0.15, 0.2) is 36.4 Å². The van der Waals surface area contributed by atoms with Crippen LogP contribution in [-0.4, -0.2) is 136 Å². The van der Waals surface area contributed by atoms with E-state index < -0.39 is 0 Å². The largest absolute Gasteiger partial charge is 0.497 e. The lowest BCUT2D eigenvalue weighted by atomic mass is 9.97. The summed E-state index contributed by atoms with van der Waals surface area (Å²) in [6.07, 6.45) is 4.52. The van der Waals surface area contributed by atoms with Gasteiger partial charge >= 0.3 is 0 Å². The Morgan fingerprint density at radius 2 is 1.02 bits per heavy atom. The minimum Gasteiger partial charge on any atom is -0.497 e. The van der Waals surface area contributed by atoms with Crippen LogP contribution in [0.2, 0.25) is 0 Å². The molecule has 0 bridgehead atoms. The molecule has 10 nitrogen and oxygen atoms in total. The van der Waals surface area contributed by atoms with Gasteiger partial charge in [0.1, 0.15) is 11.5 Å². The number of hydrogen-bond acceptors (Lipinski definition) is 8. The van der Waals surface area contributed by atoms with Gasteiger partial charge in [0.15, 0.2) is 0 Å². The zero-order valence-electron chi connectivity index (χ0n) is 29.5. The zero-order chi connectivity index (χ0) is 33.0. The molecule has 0 radical (unpaired) electrons. The quantitative estimate of drug-likeness (QED) is 0.227. The van der Waals surface area contributed by atoms with Gasteiger partial charge in [-0.3, -0.25) is 0 Å². The Kier molecular flexibility index (Phi) is 10.6. The second-order valence-electron chi connectivity index (χ2n) is 14.2. The molecular weight excluding hydrogens is 600 g/mol. The summed E-state index contributed by atoms with van der Waals surface area (Å²) in [4.78, 5) is 17.4. The van der Waals surface area contributed by atoms with Crippen molar-refractivity contribution < 1.29 is 9.47 Å². The number of benzene rings is 2. The molecule has 2 aromatic heterocycles. The van der Waals surface area contributed by atoms with Gasteiger partial charge in [-0.05, 0) is 100 Å². The average molecular weight is 657 g/mol. The molecule has 8 rings (SSSR count). The van der Waals surface area contributed by atoms with Crippen molar-refractivity contribution in [2.75, 3.05) is 107 Å². The van der Waals surface area contributed by atoms with E-state index in [0.29, 0.717) is 12.1 Å². The predicted octanol–water partition coefficient (Wildman–Crippen LogP) is 4.00. The van der Waals surface area contributed by atoms with Crippen LogP contribution in [0.1, 0.15) is 47.4 Å². The lowest BCUT2D eigenvalue weighted by Crippen LogP contribution is -2.45. The maximum atomic E-state index is 5.40. The van der Waals surface area contributed by atoms with Crippen molar-refractivity contribution in [1.82, 2.24) is 40.2 Å². The summed E-state index contributed by atoms with van der Waals surface area (Å²) in [6, 6.07) is 13.6. The van der Waals surface area contributed by atoms with Crippen molar-refractivity contribution in [1.29, 1.82) is 0 Å². The Morgan fingerprint density at radius 1 is 0.604 bits per heavy atom. The molecular formula is C38H56N8O2. The molecule has 4 aliphatic rings. The number of nitrogens with zero attached hydrogens (tertiary/aromatic N) is 4. The monoisotopic (exact) mass is 656 g/mol. The third kappa shape index (κ3) is 7.39. The van der Waals surface area contributed by atoms with Crippen LogP contribution in [0, 0.1) is 0 Å². The van der Waals surface area contributed by atoms with E-state index in [4.69, 9.17) is 9.47 Å². The van der Waals surface area contributed by atoms with Crippen molar-refractivity contribution in [3.8, 4) is 11.5 Å². The first-order valence-electron chi connectivity index (χ1n) is 18.1. The summed E-state index contributed by atoms with van der Waals surface area (Å²) in [5.74, 6) is 1.88. The van der Waals surface area contributed by atoms with E-state index in [1.54, 1.807) is 14.2 Å². The van der Waals surface area contributed by atoms with Gasteiger partial charge in [-0.2, -0.15) is 0 Å². The molecule has 0 spiro atoms. The molecule has 4 aliphatic heterocycles. The third-order valence-corrected chi connectivity index (χ3v) is 11.2. The standard InChI is InChI=1S/2C19H28N4O/c2*1-22-9-11-23(12-10-22)8-6-18-19-15(5-7-20-18)16-13-14(24-2)3-4-17(16)21-19/h2*3-4,13,18,20-21H,5-12H2,1-2H3/t2*18-/m10/s1. The smallest absolute Gasteiger partial charge is 0.119 e. The van der Waals surface area contributed by atoms with E-state index >= 15 is 0 Å². The molecule has 0 saturated carbocycles. The van der Waals surface area contributed by atoms with Crippen LogP contribution >= 0.6 is 0 Å². The summed E-state index contributed by atoms with van der Waals surface area (Å²) >= 11 is 0. The average Bonchev–Trinajstić information content (AvgIpc) is 3.69. The third-order valence-electron chi connectivity index (χ3n) is 11.2. The summed E-state index contributed by atoms with van der Waals surface area (Å²) in [6.45, 7) is 14.0. The molecule has 48 heavy (non-hydrogen) atoms. The first kappa shape index (κ1) is 33.4. The second kappa shape index (κ2) is 15.2. The Labute approximate surface area is 286 Å². The van der Waals surface area contributed by atoms with Crippen LogP contribution in [0.4, 0.5) is 0 Å². The van der Waals surface area contributed by atoms with E-state index in [1.807, 2.05) is 12.1 Å². The van der Waals surface area contributed by atoms with E-state index in [-0.39, 0.29) is 0 Å². The van der Waals surface area contributed by atoms with Crippen LogP contribution in [0.3, 0.4) is 0 Å². The van der Waals surface area contributed by atoms with E-state index in [0.717, 1.165) is 37.4 Å². The number of methoxy groups -OCH3 is 2. The fraction of sp³-hybridized carbons (Fsp3) is 0.579. The van der Waals surface area contributed by atoms with Gasteiger partial charge in [-0.25, -0.2) is 0 Å². The molecule has 0 unspecified atom stereocenters. The molecule has 2 atom stereocenters. The highest BCUT2D eigenvalue weighted by atomic mass is 16.5. The van der Waals surface area contributed by atoms with Crippen molar-refractivity contribution >= 4 is 21.8 Å². The highest BCUT2D eigenvalue weighted by Crippen LogP contribution is 2.35. The number of piperazine rings is 2. The first-order chi connectivity index (χ1) is 23.5. The fourth-order valence-corrected chi connectivity index (χ4v) is 8.09. The number of nitrogens with one attached hydrogen (secondary N) is 4. The van der Waals surface area contributed by atoms with Crippen molar-refractivity contribution in [3.05, 3.63) is 58.9 Å². The predicted molar refractivity (Wildman–Crippen MR) is 196 cm³/mol. The molecule has 2 fully saturated rings. The Balaban J connectivity index is 0.000000152. The van der Waals surface area contributed by atoms with Crippen LogP contribution < -0.4 is 20.1 Å². The molecule has 0 amide bonds. The molecule has 2 saturated heterocycles. The van der Waals surface area contributed by atoms with E-state index in [9.17, 15) is 0 Å².